The minimum absolute atomic E-state index is 0.0139. The zero-order valence-corrected chi connectivity index (χ0v) is 13.1. The molecule has 3 rings (SSSR count). The van der Waals surface area contributed by atoms with Crippen molar-refractivity contribution >= 4 is 17.5 Å². The number of amides is 1. The summed E-state index contributed by atoms with van der Waals surface area (Å²) in [4.78, 5) is 29.4. The molecule has 0 spiro atoms. The molecule has 0 radical (unpaired) electrons. The molecule has 1 aliphatic rings. The Bertz CT molecular complexity index is 745. The highest BCUT2D eigenvalue weighted by Gasteiger charge is 2.25. The van der Waals surface area contributed by atoms with Gasteiger partial charge in [0.05, 0.1) is 13.2 Å². The number of benzene rings is 1. The highest BCUT2D eigenvalue weighted by Crippen LogP contribution is 2.23. The molecular formula is C16H16ClN3O3. The van der Waals surface area contributed by atoms with Crippen molar-refractivity contribution in [2.45, 2.75) is 12.6 Å². The minimum atomic E-state index is -0.427. The van der Waals surface area contributed by atoms with E-state index in [0.717, 1.165) is 5.56 Å². The van der Waals surface area contributed by atoms with Crippen molar-refractivity contribution in [3.63, 3.8) is 0 Å². The van der Waals surface area contributed by atoms with E-state index in [2.05, 4.69) is 4.98 Å². The molecular weight excluding hydrogens is 318 g/mol. The van der Waals surface area contributed by atoms with Crippen LogP contribution in [0.5, 0.6) is 0 Å². The van der Waals surface area contributed by atoms with E-state index in [1.807, 2.05) is 12.1 Å². The molecule has 1 amide bonds. The van der Waals surface area contributed by atoms with Gasteiger partial charge in [0.2, 0.25) is 5.91 Å². The average Bonchev–Trinajstić information content (AvgIpc) is 2.58. The molecule has 1 fully saturated rings. The van der Waals surface area contributed by atoms with Gasteiger partial charge in [-0.05, 0) is 23.8 Å². The maximum atomic E-state index is 12.4. The van der Waals surface area contributed by atoms with Crippen LogP contribution in [0.3, 0.4) is 0 Å². The van der Waals surface area contributed by atoms with Crippen LogP contribution in [0.25, 0.3) is 0 Å². The molecule has 1 atom stereocenters. The Hall–Kier alpha value is -2.18. The monoisotopic (exact) mass is 333 g/mol. The van der Waals surface area contributed by atoms with Gasteiger partial charge in [-0.1, -0.05) is 23.7 Å². The van der Waals surface area contributed by atoms with Crippen LogP contribution in [0, 0.1) is 0 Å². The maximum absolute atomic E-state index is 12.4. The number of rotatable bonds is 3. The van der Waals surface area contributed by atoms with E-state index in [1.54, 1.807) is 29.3 Å². The van der Waals surface area contributed by atoms with Crippen molar-refractivity contribution in [2.75, 3.05) is 19.7 Å². The molecule has 0 saturated carbocycles. The predicted octanol–water partition coefficient (Wildman–Crippen LogP) is 1.50. The molecule has 1 aliphatic heterocycles. The fourth-order valence-corrected chi connectivity index (χ4v) is 2.63. The van der Waals surface area contributed by atoms with Gasteiger partial charge >= 0.3 is 5.69 Å². The summed E-state index contributed by atoms with van der Waals surface area (Å²) < 4.78 is 7.04. The zero-order valence-electron chi connectivity index (χ0n) is 12.4. The Labute approximate surface area is 138 Å². The quantitative estimate of drug-likeness (QED) is 0.854. The largest absolute Gasteiger partial charge is 0.370 e. The van der Waals surface area contributed by atoms with E-state index in [-0.39, 0.29) is 18.6 Å². The van der Waals surface area contributed by atoms with Gasteiger partial charge in [-0.2, -0.15) is 0 Å². The van der Waals surface area contributed by atoms with Crippen molar-refractivity contribution in [2.24, 2.45) is 0 Å². The number of hydrogen-bond donors (Lipinski definition) is 0. The Kier molecular flexibility index (Phi) is 4.73. The summed E-state index contributed by atoms with van der Waals surface area (Å²) in [5.74, 6) is -0.123. The van der Waals surface area contributed by atoms with E-state index in [4.69, 9.17) is 16.3 Å². The molecule has 0 N–H and O–H groups in total. The standard InChI is InChI=1S/C16H16ClN3O3/c17-13-4-2-12(3-5-13)14-10-19(8-9-23-14)15(21)11-20-7-1-6-18-16(20)22/h1-7,14H,8-11H2/t14-/m0/s1. The maximum Gasteiger partial charge on any atom is 0.347 e. The third-order valence-electron chi connectivity index (χ3n) is 3.75. The van der Waals surface area contributed by atoms with Crippen molar-refractivity contribution in [1.82, 2.24) is 14.5 Å². The highest BCUT2D eigenvalue weighted by molar-refractivity contribution is 6.30. The first-order valence-corrected chi connectivity index (χ1v) is 7.67. The van der Waals surface area contributed by atoms with Gasteiger partial charge in [0.15, 0.2) is 0 Å². The molecule has 2 aromatic rings. The number of aromatic nitrogens is 2. The van der Waals surface area contributed by atoms with Gasteiger partial charge in [0.25, 0.3) is 0 Å². The Morgan fingerprint density at radius 1 is 1.35 bits per heavy atom. The Morgan fingerprint density at radius 2 is 2.13 bits per heavy atom. The summed E-state index contributed by atoms with van der Waals surface area (Å²) >= 11 is 5.89. The first kappa shape index (κ1) is 15.7. The number of hydrogen-bond acceptors (Lipinski definition) is 4. The Balaban J connectivity index is 1.68. The summed E-state index contributed by atoms with van der Waals surface area (Å²) in [5, 5.41) is 0.661. The van der Waals surface area contributed by atoms with Crippen molar-refractivity contribution in [3.05, 3.63) is 63.8 Å². The van der Waals surface area contributed by atoms with Crippen molar-refractivity contribution in [1.29, 1.82) is 0 Å². The van der Waals surface area contributed by atoms with Crippen LogP contribution in [0.4, 0.5) is 0 Å². The number of morpholine rings is 1. The van der Waals surface area contributed by atoms with E-state index in [0.29, 0.717) is 24.7 Å². The molecule has 7 heteroatoms. The fourth-order valence-electron chi connectivity index (χ4n) is 2.51. The van der Waals surface area contributed by atoms with E-state index in [1.165, 1.54) is 10.8 Å². The zero-order chi connectivity index (χ0) is 16.2. The van der Waals surface area contributed by atoms with Crippen molar-refractivity contribution < 1.29 is 9.53 Å². The molecule has 1 aromatic heterocycles. The first-order chi connectivity index (χ1) is 11.1. The van der Waals surface area contributed by atoms with Gasteiger partial charge in [-0.25, -0.2) is 9.78 Å². The lowest BCUT2D eigenvalue weighted by Gasteiger charge is -2.33. The topological polar surface area (TPSA) is 64.4 Å². The average molecular weight is 334 g/mol. The first-order valence-electron chi connectivity index (χ1n) is 7.30. The number of carbonyl (C=O) groups excluding carboxylic acids is 1. The molecule has 0 unspecified atom stereocenters. The van der Waals surface area contributed by atoms with Crippen LogP contribution in [0.1, 0.15) is 11.7 Å². The predicted molar refractivity (Wildman–Crippen MR) is 85.2 cm³/mol. The normalized spacial score (nSPS) is 18.0. The van der Waals surface area contributed by atoms with Gasteiger partial charge in [-0.3, -0.25) is 9.36 Å². The van der Waals surface area contributed by atoms with Crippen LogP contribution in [-0.4, -0.2) is 40.1 Å². The summed E-state index contributed by atoms with van der Waals surface area (Å²) in [6.45, 7) is 1.41. The van der Waals surface area contributed by atoms with E-state index in [9.17, 15) is 9.59 Å². The molecule has 1 saturated heterocycles. The van der Waals surface area contributed by atoms with Crippen LogP contribution in [0.2, 0.25) is 5.02 Å². The number of carbonyl (C=O) groups is 1. The lowest BCUT2D eigenvalue weighted by molar-refractivity contribution is -0.139. The SMILES string of the molecule is O=C(Cn1cccnc1=O)N1CCO[C@H](c2ccc(Cl)cc2)C1. The molecule has 2 heterocycles. The number of ether oxygens (including phenoxy) is 1. The highest BCUT2D eigenvalue weighted by atomic mass is 35.5. The smallest absolute Gasteiger partial charge is 0.347 e. The molecule has 6 nitrogen and oxygen atoms in total. The third kappa shape index (κ3) is 3.78. The van der Waals surface area contributed by atoms with Gasteiger partial charge in [0.1, 0.15) is 12.6 Å². The summed E-state index contributed by atoms with van der Waals surface area (Å²) in [6, 6.07) is 9.02. The molecule has 0 bridgehead atoms. The molecule has 1 aromatic carbocycles. The minimum Gasteiger partial charge on any atom is -0.370 e. The summed E-state index contributed by atoms with van der Waals surface area (Å²) in [6.07, 6.45) is 2.79. The third-order valence-corrected chi connectivity index (χ3v) is 4.00. The second kappa shape index (κ2) is 6.93. The number of halogens is 1. The van der Waals surface area contributed by atoms with Gasteiger partial charge in [-0.15, -0.1) is 0 Å². The second-order valence-corrected chi connectivity index (χ2v) is 5.72. The second-order valence-electron chi connectivity index (χ2n) is 5.28. The molecule has 23 heavy (non-hydrogen) atoms. The number of nitrogens with zero attached hydrogens (tertiary/aromatic N) is 3. The molecule has 120 valence electrons. The van der Waals surface area contributed by atoms with E-state index < -0.39 is 5.69 Å². The van der Waals surface area contributed by atoms with Crippen LogP contribution >= 0.6 is 11.6 Å². The van der Waals surface area contributed by atoms with Gasteiger partial charge < -0.3 is 9.64 Å². The fraction of sp³-hybridized carbons (Fsp3) is 0.312. The summed E-state index contributed by atoms with van der Waals surface area (Å²) in [7, 11) is 0. The molecule has 0 aliphatic carbocycles. The van der Waals surface area contributed by atoms with E-state index >= 15 is 0 Å². The lowest BCUT2D eigenvalue weighted by atomic mass is 10.1. The lowest BCUT2D eigenvalue weighted by Crippen LogP contribution is -2.44. The van der Waals surface area contributed by atoms with Crippen LogP contribution < -0.4 is 5.69 Å². The van der Waals surface area contributed by atoms with Crippen LogP contribution in [-0.2, 0) is 16.1 Å². The van der Waals surface area contributed by atoms with Crippen LogP contribution in [0.15, 0.2) is 47.5 Å². The van der Waals surface area contributed by atoms with Crippen molar-refractivity contribution in [3.8, 4) is 0 Å². The van der Waals surface area contributed by atoms with Gasteiger partial charge in [0, 0.05) is 24.0 Å². The Morgan fingerprint density at radius 3 is 2.87 bits per heavy atom. The summed E-state index contributed by atoms with van der Waals surface area (Å²) in [5.41, 5.74) is 0.550.